The minimum absolute atomic E-state index is 0.325. The third-order valence-corrected chi connectivity index (χ3v) is 6.48. The molecular formula is C25H32N2O3. The molecule has 0 bridgehead atoms. The molecule has 1 saturated heterocycles. The number of carbonyl (C=O) groups excluding carboxylic acids is 1. The molecule has 2 aromatic rings. The number of nitrogens with two attached hydrogens (primary N) is 1. The Morgan fingerprint density at radius 2 is 1.87 bits per heavy atom. The zero-order valence-corrected chi connectivity index (χ0v) is 17.9. The average Bonchev–Trinajstić information content (AvgIpc) is 2.91. The number of fused-ring (bicyclic) bond motifs is 2. The highest BCUT2D eigenvalue weighted by molar-refractivity contribution is 5.92. The Morgan fingerprint density at radius 1 is 1.10 bits per heavy atom. The molecule has 30 heavy (non-hydrogen) atoms. The van der Waals surface area contributed by atoms with Crippen LogP contribution in [0.3, 0.4) is 0 Å². The first-order chi connectivity index (χ1) is 14.7. The quantitative estimate of drug-likeness (QED) is 0.752. The molecule has 5 heteroatoms. The standard InChI is InChI=1S/C25H32N2O3/c1-2-29-22-13-8-12-21-23(22)30-18-19-10-4-5-11-20(19)25(21,24(26)28)14-9-17-27-15-6-3-7-16-27/h4-5,8,10-13H,2-3,6-7,9,14-18H2,1H3,(H2,26,28). The highest BCUT2D eigenvalue weighted by Gasteiger charge is 2.45. The zero-order chi connectivity index (χ0) is 21.0. The molecule has 1 amide bonds. The van der Waals surface area contributed by atoms with E-state index in [9.17, 15) is 4.79 Å². The van der Waals surface area contributed by atoms with Gasteiger partial charge in [0.25, 0.3) is 0 Å². The monoisotopic (exact) mass is 408 g/mol. The molecule has 2 heterocycles. The van der Waals surface area contributed by atoms with Gasteiger partial charge in [-0.2, -0.15) is 0 Å². The maximum atomic E-state index is 13.2. The normalized spacial score (nSPS) is 21.1. The van der Waals surface area contributed by atoms with Crippen LogP contribution in [0.25, 0.3) is 0 Å². The minimum Gasteiger partial charge on any atom is -0.490 e. The molecule has 0 saturated carbocycles. The van der Waals surface area contributed by atoms with Crippen molar-refractivity contribution in [1.82, 2.24) is 4.90 Å². The van der Waals surface area contributed by atoms with Gasteiger partial charge in [0, 0.05) is 5.56 Å². The van der Waals surface area contributed by atoms with Gasteiger partial charge in [0.1, 0.15) is 12.0 Å². The first-order valence-electron chi connectivity index (χ1n) is 11.2. The van der Waals surface area contributed by atoms with Gasteiger partial charge in [-0.3, -0.25) is 4.79 Å². The smallest absolute Gasteiger partial charge is 0.232 e. The zero-order valence-electron chi connectivity index (χ0n) is 17.9. The summed E-state index contributed by atoms with van der Waals surface area (Å²) in [4.78, 5) is 15.7. The number of piperidine rings is 1. The molecule has 0 aromatic heterocycles. The van der Waals surface area contributed by atoms with Crippen LogP contribution in [0.1, 0.15) is 55.7 Å². The van der Waals surface area contributed by atoms with Crippen molar-refractivity contribution in [2.24, 2.45) is 5.73 Å². The van der Waals surface area contributed by atoms with Gasteiger partial charge in [0.2, 0.25) is 5.91 Å². The third kappa shape index (κ3) is 3.79. The molecule has 0 radical (unpaired) electrons. The Kier molecular flexibility index (Phi) is 6.28. The van der Waals surface area contributed by atoms with Crippen molar-refractivity contribution in [3.05, 3.63) is 59.2 Å². The maximum Gasteiger partial charge on any atom is 0.232 e. The summed E-state index contributed by atoms with van der Waals surface area (Å²) in [6.45, 7) is 6.16. The fourth-order valence-electron chi connectivity index (χ4n) is 5.04. The summed E-state index contributed by atoms with van der Waals surface area (Å²) in [5, 5.41) is 0. The SMILES string of the molecule is CCOc1cccc2c1OCc1ccccc1C2(CCCN1CCCCC1)C(N)=O. The number of amides is 1. The lowest BCUT2D eigenvalue weighted by Crippen LogP contribution is -2.43. The van der Waals surface area contributed by atoms with Gasteiger partial charge in [0.15, 0.2) is 11.5 Å². The Labute approximate surface area is 179 Å². The highest BCUT2D eigenvalue weighted by Crippen LogP contribution is 2.48. The number of nitrogens with zero attached hydrogens (tertiary/aromatic N) is 1. The number of likely N-dealkylation sites (tertiary alicyclic amines) is 1. The van der Waals surface area contributed by atoms with Gasteiger partial charge in [-0.25, -0.2) is 0 Å². The topological polar surface area (TPSA) is 64.8 Å². The fraction of sp³-hybridized carbons (Fsp3) is 0.480. The number of carbonyl (C=O) groups is 1. The number of rotatable bonds is 7. The molecule has 0 spiro atoms. The first kappa shape index (κ1) is 20.7. The van der Waals surface area contributed by atoms with E-state index in [1.807, 2.05) is 49.4 Å². The molecule has 1 atom stereocenters. The van der Waals surface area contributed by atoms with Crippen molar-refractivity contribution in [3.63, 3.8) is 0 Å². The van der Waals surface area contributed by atoms with Gasteiger partial charge in [0.05, 0.1) is 6.61 Å². The van der Waals surface area contributed by atoms with Crippen LogP contribution in [0, 0.1) is 0 Å². The molecule has 160 valence electrons. The number of para-hydroxylation sites is 1. The molecule has 2 aliphatic rings. The van der Waals surface area contributed by atoms with Crippen LogP contribution in [0.15, 0.2) is 42.5 Å². The second kappa shape index (κ2) is 9.09. The van der Waals surface area contributed by atoms with Crippen LogP contribution in [0.5, 0.6) is 11.5 Å². The van der Waals surface area contributed by atoms with E-state index in [-0.39, 0.29) is 5.91 Å². The number of hydrogen-bond acceptors (Lipinski definition) is 4. The van der Waals surface area contributed by atoms with E-state index >= 15 is 0 Å². The van der Waals surface area contributed by atoms with Gasteiger partial charge in [-0.1, -0.05) is 42.8 Å². The van der Waals surface area contributed by atoms with Crippen LogP contribution >= 0.6 is 0 Å². The van der Waals surface area contributed by atoms with Crippen molar-refractivity contribution < 1.29 is 14.3 Å². The number of primary amides is 1. The van der Waals surface area contributed by atoms with Crippen molar-refractivity contribution in [3.8, 4) is 11.5 Å². The van der Waals surface area contributed by atoms with Crippen LogP contribution in [0.2, 0.25) is 0 Å². The van der Waals surface area contributed by atoms with Crippen molar-refractivity contribution in [2.45, 2.75) is 51.0 Å². The summed E-state index contributed by atoms with van der Waals surface area (Å²) in [6.07, 6.45) is 5.40. The fourth-order valence-corrected chi connectivity index (χ4v) is 5.04. The molecule has 0 aliphatic carbocycles. The van der Waals surface area contributed by atoms with E-state index in [0.29, 0.717) is 31.1 Å². The van der Waals surface area contributed by atoms with Crippen LogP contribution in [-0.2, 0) is 16.8 Å². The van der Waals surface area contributed by atoms with E-state index in [0.717, 1.165) is 42.7 Å². The summed E-state index contributed by atoms with van der Waals surface area (Å²) in [6, 6.07) is 13.9. The number of hydrogen-bond donors (Lipinski definition) is 1. The highest BCUT2D eigenvalue weighted by atomic mass is 16.5. The van der Waals surface area contributed by atoms with Gasteiger partial charge in [-0.05, 0) is 69.4 Å². The lowest BCUT2D eigenvalue weighted by atomic mass is 9.69. The van der Waals surface area contributed by atoms with E-state index < -0.39 is 5.41 Å². The molecule has 1 unspecified atom stereocenters. The van der Waals surface area contributed by atoms with Crippen molar-refractivity contribution in [2.75, 3.05) is 26.2 Å². The first-order valence-corrected chi connectivity index (χ1v) is 11.2. The maximum absolute atomic E-state index is 13.2. The summed E-state index contributed by atoms with van der Waals surface area (Å²) in [7, 11) is 0. The van der Waals surface area contributed by atoms with Crippen LogP contribution in [0.4, 0.5) is 0 Å². The van der Waals surface area contributed by atoms with Gasteiger partial charge in [-0.15, -0.1) is 0 Å². The molecule has 2 aliphatic heterocycles. The molecule has 2 aromatic carbocycles. The predicted molar refractivity (Wildman–Crippen MR) is 118 cm³/mol. The number of benzene rings is 2. The van der Waals surface area contributed by atoms with E-state index in [1.165, 1.54) is 19.3 Å². The summed E-state index contributed by atoms with van der Waals surface area (Å²) in [5.41, 5.74) is 8.06. The lowest BCUT2D eigenvalue weighted by molar-refractivity contribution is -0.122. The van der Waals surface area contributed by atoms with Crippen LogP contribution in [-0.4, -0.2) is 37.0 Å². The third-order valence-electron chi connectivity index (χ3n) is 6.48. The van der Waals surface area contributed by atoms with Crippen LogP contribution < -0.4 is 15.2 Å². The molecule has 5 nitrogen and oxygen atoms in total. The number of ether oxygens (including phenoxy) is 2. The van der Waals surface area contributed by atoms with Gasteiger partial charge >= 0.3 is 0 Å². The van der Waals surface area contributed by atoms with Gasteiger partial charge < -0.3 is 20.1 Å². The Morgan fingerprint density at radius 3 is 2.63 bits per heavy atom. The lowest BCUT2D eigenvalue weighted by Gasteiger charge is -2.34. The average molecular weight is 409 g/mol. The van der Waals surface area contributed by atoms with E-state index in [1.54, 1.807) is 0 Å². The summed E-state index contributed by atoms with van der Waals surface area (Å²) in [5.74, 6) is 0.991. The Balaban J connectivity index is 1.77. The Hall–Kier alpha value is -2.53. The predicted octanol–water partition coefficient (Wildman–Crippen LogP) is 4.02. The summed E-state index contributed by atoms with van der Waals surface area (Å²) < 4.78 is 12.1. The van der Waals surface area contributed by atoms with Crippen molar-refractivity contribution >= 4 is 5.91 Å². The molecule has 4 rings (SSSR count). The molecule has 2 N–H and O–H groups in total. The summed E-state index contributed by atoms with van der Waals surface area (Å²) >= 11 is 0. The molecule has 1 fully saturated rings. The second-order valence-electron chi connectivity index (χ2n) is 8.29. The second-order valence-corrected chi connectivity index (χ2v) is 8.29. The Bertz CT molecular complexity index is 892. The minimum atomic E-state index is -0.925. The van der Waals surface area contributed by atoms with E-state index in [2.05, 4.69) is 4.90 Å². The van der Waals surface area contributed by atoms with Crippen molar-refractivity contribution in [1.29, 1.82) is 0 Å². The largest absolute Gasteiger partial charge is 0.490 e. The van der Waals surface area contributed by atoms with E-state index in [4.69, 9.17) is 15.2 Å². The molecular weight excluding hydrogens is 376 g/mol.